The lowest BCUT2D eigenvalue weighted by molar-refractivity contribution is -0.140. The number of halogens is 1. The van der Waals surface area contributed by atoms with Crippen molar-refractivity contribution in [2.45, 2.75) is 25.5 Å². The van der Waals surface area contributed by atoms with Gasteiger partial charge in [-0.3, -0.25) is 9.59 Å². The van der Waals surface area contributed by atoms with E-state index in [1.54, 1.807) is 48.5 Å². The summed E-state index contributed by atoms with van der Waals surface area (Å²) in [7, 11) is 1.52. The van der Waals surface area contributed by atoms with Crippen molar-refractivity contribution in [3.63, 3.8) is 0 Å². The van der Waals surface area contributed by atoms with Gasteiger partial charge >= 0.3 is 0 Å². The van der Waals surface area contributed by atoms with Crippen LogP contribution in [0.4, 0.5) is 4.39 Å². The second-order valence-corrected chi connectivity index (χ2v) is 9.25. The number of nitrogens with zero attached hydrogens (tertiary/aromatic N) is 1. The average Bonchev–Trinajstić information content (AvgIpc) is 3.20. The van der Waals surface area contributed by atoms with Crippen LogP contribution in [-0.4, -0.2) is 48.6 Å². The lowest BCUT2D eigenvalue weighted by atomic mass is 9.94. The van der Waals surface area contributed by atoms with Gasteiger partial charge in [-0.05, 0) is 72.0 Å². The zero-order valence-corrected chi connectivity index (χ0v) is 21.0. The van der Waals surface area contributed by atoms with Crippen molar-refractivity contribution in [2.75, 3.05) is 26.9 Å². The summed E-state index contributed by atoms with van der Waals surface area (Å²) < 4.78 is 30.0. The summed E-state index contributed by atoms with van der Waals surface area (Å²) in [5.41, 5.74) is 2.81. The van der Waals surface area contributed by atoms with Crippen LogP contribution in [0.25, 0.3) is 5.76 Å². The molecular weight excluding hydrogens is 489 g/mol. The summed E-state index contributed by atoms with van der Waals surface area (Å²) in [6.07, 6.45) is 1.67. The van der Waals surface area contributed by atoms with Crippen molar-refractivity contribution in [2.24, 2.45) is 0 Å². The number of carbonyl (C=O) groups excluding carboxylic acids is 2. The van der Waals surface area contributed by atoms with Crippen LogP contribution < -0.4 is 9.47 Å². The number of aliphatic hydroxyl groups is 1. The molecule has 3 aromatic rings. The Bertz CT molecular complexity index is 1380. The van der Waals surface area contributed by atoms with Gasteiger partial charge < -0.3 is 24.2 Å². The molecule has 0 aliphatic carbocycles. The zero-order valence-electron chi connectivity index (χ0n) is 21.0. The normalized spacial score (nSPS) is 18.3. The second-order valence-electron chi connectivity index (χ2n) is 9.25. The molecule has 0 radical (unpaired) electrons. The summed E-state index contributed by atoms with van der Waals surface area (Å²) in [5.74, 6) is -0.749. The van der Waals surface area contributed by atoms with Crippen LogP contribution in [0.1, 0.15) is 34.7 Å². The van der Waals surface area contributed by atoms with Gasteiger partial charge in [0.1, 0.15) is 29.7 Å². The molecule has 0 saturated carbocycles. The molecule has 0 aromatic heterocycles. The fraction of sp³-hybridized carbons (Fsp3) is 0.267. The van der Waals surface area contributed by atoms with E-state index in [2.05, 4.69) is 0 Å². The third-order valence-electron chi connectivity index (χ3n) is 6.75. The number of methoxy groups -OCH3 is 1. The molecule has 1 amide bonds. The third-order valence-corrected chi connectivity index (χ3v) is 6.75. The van der Waals surface area contributed by atoms with E-state index in [0.29, 0.717) is 23.5 Å². The number of rotatable bonds is 8. The largest absolute Gasteiger partial charge is 0.507 e. The topological polar surface area (TPSA) is 85.3 Å². The van der Waals surface area contributed by atoms with Crippen molar-refractivity contribution in [3.8, 4) is 11.5 Å². The van der Waals surface area contributed by atoms with E-state index in [0.717, 1.165) is 29.7 Å². The van der Waals surface area contributed by atoms with E-state index < -0.39 is 17.7 Å². The van der Waals surface area contributed by atoms with Crippen molar-refractivity contribution >= 4 is 17.4 Å². The molecule has 0 spiro atoms. The Balaban J connectivity index is 1.51. The van der Waals surface area contributed by atoms with Gasteiger partial charge in [-0.25, -0.2) is 4.39 Å². The Morgan fingerprint density at radius 2 is 1.92 bits per heavy atom. The number of Topliss-reactive ketones (excluding diaryl/α,β-unsaturated/α-hetero) is 1. The van der Waals surface area contributed by atoms with Gasteiger partial charge in [0.2, 0.25) is 0 Å². The standard InChI is InChI=1S/C30H28FNO6/c1-36-15-13-32-27(21-4-2-6-24(17-21)38-18-19-7-10-23(31)11-8-19)26(29(34)30(32)35)28(33)22-9-12-25-20(16-22)5-3-14-37-25/h2,4,6-12,16-17,27,33H,3,5,13-15,18H2,1H3/b28-26-. The molecule has 7 nitrogen and oxygen atoms in total. The van der Waals surface area contributed by atoms with E-state index >= 15 is 0 Å². The number of aliphatic hydroxyl groups excluding tert-OH is 1. The number of benzene rings is 3. The first-order chi connectivity index (χ1) is 18.5. The van der Waals surface area contributed by atoms with Crippen molar-refractivity contribution < 1.29 is 33.3 Å². The average molecular weight is 518 g/mol. The highest BCUT2D eigenvalue weighted by Crippen LogP contribution is 2.41. The first kappa shape index (κ1) is 25.5. The maximum atomic E-state index is 13.3. The number of amides is 1. The van der Waals surface area contributed by atoms with Gasteiger partial charge in [0.25, 0.3) is 11.7 Å². The molecule has 0 bridgehead atoms. The maximum absolute atomic E-state index is 13.3. The number of carbonyl (C=O) groups is 2. The summed E-state index contributed by atoms with van der Waals surface area (Å²) >= 11 is 0. The summed E-state index contributed by atoms with van der Waals surface area (Å²) in [5, 5.41) is 11.4. The number of hydrogen-bond acceptors (Lipinski definition) is 6. The Morgan fingerprint density at radius 3 is 2.71 bits per heavy atom. The van der Waals surface area contributed by atoms with Crippen LogP contribution in [-0.2, 0) is 27.4 Å². The van der Waals surface area contributed by atoms with Gasteiger partial charge in [0.05, 0.1) is 24.8 Å². The van der Waals surface area contributed by atoms with Gasteiger partial charge in [0.15, 0.2) is 0 Å². The van der Waals surface area contributed by atoms with E-state index in [9.17, 15) is 19.1 Å². The minimum absolute atomic E-state index is 0.0125. The van der Waals surface area contributed by atoms with Crippen molar-refractivity contribution in [1.29, 1.82) is 0 Å². The molecule has 3 aromatic carbocycles. The number of likely N-dealkylation sites (tertiary alicyclic amines) is 1. The summed E-state index contributed by atoms with van der Waals surface area (Å²) in [6, 6.07) is 17.5. The quantitative estimate of drug-likeness (QED) is 0.263. The fourth-order valence-corrected chi connectivity index (χ4v) is 4.83. The minimum Gasteiger partial charge on any atom is -0.507 e. The lowest BCUT2D eigenvalue weighted by Gasteiger charge is -2.25. The van der Waals surface area contributed by atoms with Gasteiger partial charge in [-0.15, -0.1) is 0 Å². The number of ketones is 1. The predicted molar refractivity (Wildman–Crippen MR) is 138 cm³/mol. The second kappa shape index (κ2) is 11.1. The molecular formula is C30H28FNO6. The van der Waals surface area contributed by atoms with Crippen molar-refractivity contribution in [1.82, 2.24) is 4.90 Å². The Kier molecular flexibility index (Phi) is 7.42. The highest BCUT2D eigenvalue weighted by atomic mass is 19.1. The van der Waals surface area contributed by atoms with Crippen LogP contribution in [0.3, 0.4) is 0 Å². The zero-order chi connectivity index (χ0) is 26.6. The smallest absolute Gasteiger partial charge is 0.295 e. The van der Waals surface area contributed by atoms with Crippen LogP contribution in [0.15, 0.2) is 72.3 Å². The van der Waals surface area contributed by atoms with Gasteiger partial charge in [-0.2, -0.15) is 0 Å². The first-order valence-electron chi connectivity index (χ1n) is 12.5. The molecule has 8 heteroatoms. The number of ether oxygens (including phenoxy) is 3. The molecule has 1 saturated heterocycles. The number of hydrogen-bond donors (Lipinski definition) is 1. The monoisotopic (exact) mass is 517 g/mol. The van der Waals surface area contributed by atoms with Crippen LogP contribution in [0.2, 0.25) is 0 Å². The summed E-state index contributed by atoms with van der Waals surface area (Å²) in [4.78, 5) is 27.8. The molecule has 196 valence electrons. The van der Waals surface area contributed by atoms with E-state index in [1.807, 2.05) is 6.07 Å². The first-order valence-corrected chi connectivity index (χ1v) is 12.5. The molecule has 1 atom stereocenters. The molecule has 2 heterocycles. The van der Waals surface area contributed by atoms with Crippen LogP contribution in [0.5, 0.6) is 11.5 Å². The third kappa shape index (κ3) is 5.13. The fourth-order valence-electron chi connectivity index (χ4n) is 4.83. The highest BCUT2D eigenvalue weighted by Gasteiger charge is 2.46. The van der Waals surface area contributed by atoms with Crippen LogP contribution in [0, 0.1) is 5.82 Å². The van der Waals surface area contributed by atoms with E-state index in [-0.39, 0.29) is 36.9 Å². The Hall–Kier alpha value is -4.17. The lowest BCUT2D eigenvalue weighted by Crippen LogP contribution is -2.32. The molecule has 1 N–H and O–H groups in total. The Labute approximate surface area is 220 Å². The molecule has 1 unspecified atom stereocenters. The molecule has 1 fully saturated rings. The van der Waals surface area contributed by atoms with Crippen LogP contribution >= 0.6 is 0 Å². The molecule has 5 rings (SSSR count). The van der Waals surface area contributed by atoms with Crippen molar-refractivity contribution in [3.05, 3.63) is 100 Å². The Morgan fingerprint density at radius 1 is 1.11 bits per heavy atom. The summed E-state index contributed by atoms with van der Waals surface area (Å²) in [6.45, 7) is 1.25. The van der Waals surface area contributed by atoms with Gasteiger partial charge in [0, 0.05) is 19.2 Å². The minimum atomic E-state index is -0.827. The van der Waals surface area contributed by atoms with E-state index in [1.165, 1.54) is 24.1 Å². The molecule has 2 aliphatic rings. The predicted octanol–water partition coefficient (Wildman–Crippen LogP) is 4.80. The van der Waals surface area contributed by atoms with Gasteiger partial charge in [-0.1, -0.05) is 24.3 Å². The molecule has 2 aliphatic heterocycles. The number of fused-ring (bicyclic) bond motifs is 1. The maximum Gasteiger partial charge on any atom is 0.295 e. The SMILES string of the molecule is COCCN1C(=O)C(=O)/C(=C(\O)c2ccc3c(c2)CCCO3)C1c1cccc(OCc2ccc(F)cc2)c1. The highest BCUT2D eigenvalue weighted by molar-refractivity contribution is 6.46. The molecule has 38 heavy (non-hydrogen) atoms. The van der Waals surface area contributed by atoms with E-state index in [4.69, 9.17) is 14.2 Å². The number of aryl methyl sites for hydroxylation is 1.